The summed E-state index contributed by atoms with van der Waals surface area (Å²) in [4.78, 5) is 4.36. The number of aliphatic hydroxyl groups is 1. The summed E-state index contributed by atoms with van der Waals surface area (Å²) in [7, 11) is 0. The van der Waals surface area contributed by atoms with Gasteiger partial charge < -0.3 is 9.84 Å². The van der Waals surface area contributed by atoms with Gasteiger partial charge in [0.15, 0.2) is 0 Å². The van der Waals surface area contributed by atoms with Crippen molar-refractivity contribution in [2.45, 2.75) is 25.9 Å². The van der Waals surface area contributed by atoms with Crippen molar-refractivity contribution in [1.82, 2.24) is 4.98 Å². The molecule has 0 bridgehead atoms. The number of ether oxygens (including phenoxy) is 1. The Balaban J connectivity index is 2.08. The summed E-state index contributed by atoms with van der Waals surface area (Å²) in [5.74, 6) is 0.299. The van der Waals surface area contributed by atoms with E-state index in [0.717, 1.165) is 37.4 Å². The third-order valence-electron chi connectivity index (χ3n) is 2.93. The molecule has 1 N–H and O–H groups in total. The number of hydrogen-bond donors (Lipinski definition) is 1. The van der Waals surface area contributed by atoms with Crippen LogP contribution in [0.4, 0.5) is 0 Å². The Morgan fingerprint density at radius 2 is 2.13 bits per heavy atom. The zero-order valence-corrected chi connectivity index (χ0v) is 9.02. The second-order valence-corrected chi connectivity index (χ2v) is 4.10. The summed E-state index contributed by atoms with van der Waals surface area (Å²) in [6.45, 7) is 3.46. The Hall–Kier alpha value is -0.930. The zero-order valence-electron chi connectivity index (χ0n) is 9.02. The van der Waals surface area contributed by atoms with E-state index < -0.39 is 6.10 Å². The van der Waals surface area contributed by atoms with Gasteiger partial charge in [0.25, 0.3) is 0 Å². The van der Waals surface area contributed by atoms with Crippen LogP contribution in [0.5, 0.6) is 0 Å². The second kappa shape index (κ2) is 4.73. The lowest BCUT2D eigenvalue weighted by molar-refractivity contribution is 0.00553. The number of aliphatic hydroxyl groups excluding tert-OH is 1. The number of rotatable bonds is 2. The van der Waals surface area contributed by atoms with Crippen LogP contribution in [0.25, 0.3) is 0 Å². The Morgan fingerprint density at radius 3 is 2.80 bits per heavy atom. The van der Waals surface area contributed by atoms with Crippen LogP contribution in [0.3, 0.4) is 0 Å². The number of hydrogen-bond acceptors (Lipinski definition) is 3. The lowest BCUT2D eigenvalue weighted by Crippen LogP contribution is -2.22. The van der Waals surface area contributed by atoms with E-state index in [-0.39, 0.29) is 0 Å². The van der Waals surface area contributed by atoms with Crippen molar-refractivity contribution in [2.24, 2.45) is 5.92 Å². The minimum Gasteiger partial charge on any atom is -0.387 e. The molecule has 1 saturated heterocycles. The summed E-state index contributed by atoms with van der Waals surface area (Å²) in [5.41, 5.74) is 1.75. The summed E-state index contributed by atoms with van der Waals surface area (Å²) < 4.78 is 5.28. The van der Waals surface area contributed by atoms with Crippen LogP contribution in [-0.2, 0) is 4.74 Å². The minimum absolute atomic E-state index is 0.299. The minimum atomic E-state index is -0.436. The molecule has 3 heteroatoms. The molecule has 1 atom stereocenters. The monoisotopic (exact) mass is 207 g/mol. The SMILES string of the molecule is Cc1cccc(C(O)C2CCOCC2)n1. The highest BCUT2D eigenvalue weighted by Crippen LogP contribution is 2.28. The van der Waals surface area contributed by atoms with Crippen LogP contribution in [0.1, 0.15) is 30.3 Å². The third-order valence-corrected chi connectivity index (χ3v) is 2.93. The maximum absolute atomic E-state index is 10.2. The molecule has 0 aliphatic carbocycles. The van der Waals surface area contributed by atoms with Gasteiger partial charge in [-0.25, -0.2) is 0 Å². The molecule has 1 unspecified atom stereocenters. The van der Waals surface area contributed by atoms with Crippen molar-refractivity contribution >= 4 is 0 Å². The van der Waals surface area contributed by atoms with Crippen molar-refractivity contribution in [2.75, 3.05) is 13.2 Å². The molecule has 1 aromatic heterocycles. The fourth-order valence-electron chi connectivity index (χ4n) is 2.00. The molecule has 2 rings (SSSR count). The average molecular weight is 207 g/mol. The molecule has 15 heavy (non-hydrogen) atoms. The van der Waals surface area contributed by atoms with Crippen molar-refractivity contribution in [3.63, 3.8) is 0 Å². The molecule has 82 valence electrons. The van der Waals surface area contributed by atoms with Crippen LogP contribution in [-0.4, -0.2) is 23.3 Å². The van der Waals surface area contributed by atoms with Crippen molar-refractivity contribution in [1.29, 1.82) is 0 Å². The van der Waals surface area contributed by atoms with Gasteiger partial charge in [0, 0.05) is 18.9 Å². The average Bonchev–Trinajstić information content (AvgIpc) is 2.29. The van der Waals surface area contributed by atoms with Crippen molar-refractivity contribution in [3.05, 3.63) is 29.6 Å². The topological polar surface area (TPSA) is 42.4 Å². The van der Waals surface area contributed by atoms with Gasteiger partial charge in [-0.05, 0) is 37.8 Å². The van der Waals surface area contributed by atoms with Gasteiger partial charge >= 0.3 is 0 Å². The Labute approximate surface area is 90.1 Å². The molecule has 0 radical (unpaired) electrons. The molecule has 2 heterocycles. The molecule has 1 aliphatic heterocycles. The number of pyridine rings is 1. The lowest BCUT2D eigenvalue weighted by atomic mass is 9.92. The Kier molecular flexibility index (Phi) is 3.34. The number of aryl methyl sites for hydroxylation is 1. The predicted octanol–water partition coefficient (Wildman–Crippen LogP) is 1.85. The first-order valence-electron chi connectivity index (χ1n) is 5.47. The first-order chi connectivity index (χ1) is 7.27. The highest BCUT2D eigenvalue weighted by Gasteiger charge is 2.24. The van der Waals surface area contributed by atoms with Gasteiger partial charge in [-0.2, -0.15) is 0 Å². The van der Waals surface area contributed by atoms with Gasteiger partial charge in [0.05, 0.1) is 11.8 Å². The van der Waals surface area contributed by atoms with Crippen molar-refractivity contribution < 1.29 is 9.84 Å². The van der Waals surface area contributed by atoms with Crippen LogP contribution in [0.2, 0.25) is 0 Å². The smallest absolute Gasteiger partial charge is 0.0989 e. The van der Waals surface area contributed by atoms with Gasteiger partial charge in [-0.15, -0.1) is 0 Å². The summed E-state index contributed by atoms with van der Waals surface area (Å²) >= 11 is 0. The fourth-order valence-corrected chi connectivity index (χ4v) is 2.00. The third kappa shape index (κ3) is 2.55. The lowest BCUT2D eigenvalue weighted by Gasteiger charge is -2.26. The summed E-state index contributed by atoms with van der Waals surface area (Å²) in [6.07, 6.45) is 1.42. The first-order valence-corrected chi connectivity index (χ1v) is 5.47. The van der Waals surface area contributed by atoms with Gasteiger partial charge in [0.1, 0.15) is 0 Å². The highest BCUT2D eigenvalue weighted by atomic mass is 16.5. The number of nitrogens with zero attached hydrogens (tertiary/aromatic N) is 1. The first kappa shape index (κ1) is 10.6. The van der Waals surface area contributed by atoms with E-state index in [1.54, 1.807) is 0 Å². The van der Waals surface area contributed by atoms with E-state index in [0.29, 0.717) is 5.92 Å². The molecule has 1 aromatic rings. The van der Waals surface area contributed by atoms with E-state index in [1.807, 2.05) is 25.1 Å². The summed E-state index contributed by atoms with van der Waals surface area (Å²) in [5, 5.41) is 10.2. The van der Waals surface area contributed by atoms with Gasteiger partial charge in [-0.1, -0.05) is 6.07 Å². The molecule has 0 amide bonds. The van der Waals surface area contributed by atoms with E-state index in [2.05, 4.69) is 4.98 Å². The van der Waals surface area contributed by atoms with Crippen LogP contribution in [0.15, 0.2) is 18.2 Å². The molecule has 1 aliphatic rings. The molecule has 0 saturated carbocycles. The quantitative estimate of drug-likeness (QED) is 0.804. The molecular weight excluding hydrogens is 190 g/mol. The normalized spacial score (nSPS) is 20.1. The largest absolute Gasteiger partial charge is 0.387 e. The fraction of sp³-hybridized carbons (Fsp3) is 0.583. The van der Waals surface area contributed by atoms with E-state index in [1.165, 1.54) is 0 Å². The zero-order chi connectivity index (χ0) is 10.7. The second-order valence-electron chi connectivity index (χ2n) is 4.10. The van der Waals surface area contributed by atoms with E-state index in [4.69, 9.17) is 4.74 Å². The standard InChI is InChI=1S/C12H17NO2/c1-9-3-2-4-11(13-9)12(14)10-5-7-15-8-6-10/h2-4,10,12,14H,5-8H2,1H3. The van der Waals surface area contributed by atoms with Crippen LogP contribution < -0.4 is 0 Å². The molecule has 1 fully saturated rings. The van der Waals surface area contributed by atoms with Crippen LogP contribution >= 0.6 is 0 Å². The Bertz CT molecular complexity index is 321. The van der Waals surface area contributed by atoms with E-state index >= 15 is 0 Å². The predicted molar refractivity (Wildman–Crippen MR) is 57.5 cm³/mol. The van der Waals surface area contributed by atoms with Crippen LogP contribution in [0, 0.1) is 12.8 Å². The molecule has 0 aromatic carbocycles. The maximum atomic E-state index is 10.2. The maximum Gasteiger partial charge on any atom is 0.0989 e. The highest BCUT2D eigenvalue weighted by molar-refractivity contribution is 5.12. The van der Waals surface area contributed by atoms with Gasteiger partial charge in [0.2, 0.25) is 0 Å². The molecule has 0 spiro atoms. The Morgan fingerprint density at radius 1 is 1.40 bits per heavy atom. The molecule has 3 nitrogen and oxygen atoms in total. The van der Waals surface area contributed by atoms with Gasteiger partial charge in [-0.3, -0.25) is 4.98 Å². The van der Waals surface area contributed by atoms with E-state index in [9.17, 15) is 5.11 Å². The van der Waals surface area contributed by atoms with Crippen molar-refractivity contribution in [3.8, 4) is 0 Å². The number of aromatic nitrogens is 1. The summed E-state index contributed by atoms with van der Waals surface area (Å²) in [6, 6.07) is 5.79. The molecular formula is C12H17NO2.